The van der Waals surface area contributed by atoms with E-state index in [0.29, 0.717) is 25.1 Å². The van der Waals surface area contributed by atoms with Crippen LogP contribution >= 0.6 is 0 Å². The molecule has 0 radical (unpaired) electrons. The van der Waals surface area contributed by atoms with Crippen molar-refractivity contribution in [2.24, 2.45) is 5.92 Å². The number of anilines is 1. The Bertz CT molecular complexity index is 764. The standard InChI is InChI=1S/C21H25F3N2O2/c22-21(23,24)16-11-13-26(17-8-3-1-6-14(16)17)20(28)15-7-2-4-9-18(15)25-12-5-10-19(25)27/h1,3,6,8,15-16,18H,2,4-5,7,9-13H2/t15-,16?,18+/m1/s1. The van der Waals surface area contributed by atoms with Gasteiger partial charge in [0.1, 0.15) is 0 Å². The number of rotatable bonds is 2. The van der Waals surface area contributed by atoms with Crippen LogP contribution in [0.15, 0.2) is 24.3 Å². The molecule has 152 valence electrons. The second kappa shape index (κ2) is 7.41. The van der Waals surface area contributed by atoms with E-state index in [1.165, 1.54) is 6.07 Å². The van der Waals surface area contributed by atoms with E-state index in [0.717, 1.165) is 25.7 Å². The Kier molecular flexibility index (Phi) is 5.10. The molecule has 2 heterocycles. The zero-order chi connectivity index (χ0) is 19.9. The number of amides is 2. The highest BCUT2D eigenvalue weighted by Gasteiger charge is 2.47. The predicted molar refractivity (Wildman–Crippen MR) is 98.9 cm³/mol. The maximum absolute atomic E-state index is 13.5. The number of para-hydroxylation sites is 1. The van der Waals surface area contributed by atoms with Crippen LogP contribution in [0, 0.1) is 5.92 Å². The van der Waals surface area contributed by atoms with Crippen LogP contribution in [0.25, 0.3) is 0 Å². The van der Waals surface area contributed by atoms with Crippen molar-refractivity contribution in [3.63, 3.8) is 0 Å². The topological polar surface area (TPSA) is 40.6 Å². The molecule has 2 amide bonds. The summed E-state index contributed by atoms with van der Waals surface area (Å²) < 4.78 is 40.4. The van der Waals surface area contributed by atoms with Gasteiger partial charge in [-0.3, -0.25) is 9.59 Å². The molecule has 1 aromatic rings. The van der Waals surface area contributed by atoms with Gasteiger partial charge in [-0.15, -0.1) is 0 Å². The summed E-state index contributed by atoms with van der Waals surface area (Å²) in [6, 6.07) is 6.25. The molecule has 0 N–H and O–H groups in total. The molecule has 4 rings (SSSR count). The van der Waals surface area contributed by atoms with E-state index in [9.17, 15) is 22.8 Å². The quantitative estimate of drug-likeness (QED) is 0.752. The number of carbonyl (C=O) groups is 2. The number of nitrogens with zero attached hydrogens (tertiary/aromatic N) is 2. The maximum atomic E-state index is 13.5. The maximum Gasteiger partial charge on any atom is 0.395 e. The van der Waals surface area contributed by atoms with E-state index in [1.807, 2.05) is 4.90 Å². The van der Waals surface area contributed by atoms with Crippen LogP contribution in [0.5, 0.6) is 0 Å². The molecule has 0 aromatic heterocycles. The van der Waals surface area contributed by atoms with Crippen molar-refractivity contribution >= 4 is 17.5 Å². The van der Waals surface area contributed by atoms with Crippen LogP contribution in [-0.4, -0.2) is 42.0 Å². The van der Waals surface area contributed by atoms with E-state index < -0.39 is 12.1 Å². The van der Waals surface area contributed by atoms with Gasteiger partial charge in [-0.1, -0.05) is 31.0 Å². The lowest BCUT2D eigenvalue weighted by atomic mass is 9.81. The number of carbonyl (C=O) groups excluding carboxylic acids is 2. The molecule has 2 fully saturated rings. The zero-order valence-electron chi connectivity index (χ0n) is 15.8. The summed E-state index contributed by atoms with van der Waals surface area (Å²) in [6.45, 7) is 0.747. The van der Waals surface area contributed by atoms with Gasteiger partial charge in [0, 0.05) is 31.2 Å². The minimum absolute atomic E-state index is 0.0667. The van der Waals surface area contributed by atoms with Crippen LogP contribution in [-0.2, 0) is 9.59 Å². The molecule has 0 bridgehead atoms. The third-order valence-electron chi connectivity index (χ3n) is 6.46. The van der Waals surface area contributed by atoms with Gasteiger partial charge in [0.05, 0.1) is 11.8 Å². The zero-order valence-corrected chi connectivity index (χ0v) is 15.8. The smallest absolute Gasteiger partial charge is 0.339 e. The molecule has 1 saturated carbocycles. The normalized spacial score (nSPS) is 28.4. The first-order chi connectivity index (χ1) is 13.4. The Balaban J connectivity index is 1.62. The Morgan fingerprint density at radius 3 is 2.46 bits per heavy atom. The van der Waals surface area contributed by atoms with Crippen molar-refractivity contribution in [1.82, 2.24) is 4.90 Å². The molecule has 0 spiro atoms. The molecule has 1 aliphatic carbocycles. The first kappa shape index (κ1) is 19.3. The van der Waals surface area contributed by atoms with E-state index in [2.05, 4.69) is 0 Å². The Morgan fingerprint density at radius 2 is 1.75 bits per heavy atom. The Labute approximate surface area is 162 Å². The third-order valence-corrected chi connectivity index (χ3v) is 6.46. The van der Waals surface area contributed by atoms with E-state index in [1.54, 1.807) is 23.1 Å². The average molecular weight is 394 g/mol. The van der Waals surface area contributed by atoms with Gasteiger partial charge in [-0.2, -0.15) is 13.2 Å². The van der Waals surface area contributed by atoms with Crippen LogP contribution in [0.1, 0.15) is 56.4 Å². The number of hydrogen-bond acceptors (Lipinski definition) is 2. The molecule has 7 heteroatoms. The van der Waals surface area contributed by atoms with Crippen molar-refractivity contribution < 1.29 is 22.8 Å². The van der Waals surface area contributed by atoms with Crippen molar-refractivity contribution in [2.45, 2.75) is 63.1 Å². The van der Waals surface area contributed by atoms with Crippen LogP contribution in [0.3, 0.4) is 0 Å². The van der Waals surface area contributed by atoms with E-state index in [-0.39, 0.29) is 42.3 Å². The lowest BCUT2D eigenvalue weighted by Crippen LogP contribution is -2.51. The van der Waals surface area contributed by atoms with Crippen LogP contribution in [0.4, 0.5) is 18.9 Å². The van der Waals surface area contributed by atoms with Crippen molar-refractivity contribution in [2.75, 3.05) is 18.0 Å². The largest absolute Gasteiger partial charge is 0.395 e. The molecular formula is C21H25F3N2O2. The monoisotopic (exact) mass is 394 g/mol. The van der Waals surface area contributed by atoms with Crippen molar-refractivity contribution in [3.8, 4) is 0 Å². The molecule has 3 aliphatic rings. The van der Waals surface area contributed by atoms with Gasteiger partial charge in [-0.05, 0) is 37.3 Å². The number of benzene rings is 1. The van der Waals surface area contributed by atoms with Gasteiger partial charge in [0.2, 0.25) is 11.8 Å². The average Bonchev–Trinajstić information content (AvgIpc) is 3.11. The summed E-state index contributed by atoms with van der Waals surface area (Å²) in [5.74, 6) is -1.89. The molecule has 4 nitrogen and oxygen atoms in total. The lowest BCUT2D eigenvalue weighted by molar-refractivity contribution is -0.153. The SMILES string of the molecule is O=C([C@@H]1CCCC[C@@H]1N1CCCC1=O)N1CCC(C(F)(F)F)c2ccccc21. The number of alkyl halides is 3. The number of halogens is 3. The van der Waals surface area contributed by atoms with Crippen LogP contribution < -0.4 is 4.90 Å². The highest BCUT2D eigenvalue weighted by molar-refractivity contribution is 5.97. The van der Waals surface area contributed by atoms with Crippen LogP contribution in [0.2, 0.25) is 0 Å². The summed E-state index contributed by atoms with van der Waals surface area (Å²) >= 11 is 0. The van der Waals surface area contributed by atoms with Crippen molar-refractivity contribution in [1.29, 1.82) is 0 Å². The van der Waals surface area contributed by atoms with Gasteiger partial charge in [0.15, 0.2) is 0 Å². The highest BCUT2D eigenvalue weighted by atomic mass is 19.4. The summed E-state index contributed by atoms with van der Waals surface area (Å²) in [7, 11) is 0. The lowest BCUT2D eigenvalue weighted by Gasteiger charge is -2.42. The molecule has 28 heavy (non-hydrogen) atoms. The van der Waals surface area contributed by atoms with Gasteiger partial charge >= 0.3 is 6.18 Å². The molecular weight excluding hydrogens is 369 g/mol. The molecule has 2 aliphatic heterocycles. The van der Waals surface area contributed by atoms with E-state index >= 15 is 0 Å². The summed E-state index contributed by atoms with van der Waals surface area (Å²) in [5, 5.41) is 0. The first-order valence-corrected chi connectivity index (χ1v) is 10.1. The molecule has 1 unspecified atom stereocenters. The highest BCUT2D eigenvalue weighted by Crippen LogP contribution is 2.45. The summed E-state index contributed by atoms with van der Waals surface area (Å²) in [5.41, 5.74) is 0.553. The number of fused-ring (bicyclic) bond motifs is 1. The molecule has 1 aromatic carbocycles. The second-order valence-electron chi connectivity index (χ2n) is 8.08. The minimum Gasteiger partial charge on any atom is -0.339 e. The van der Waals surface area contributed by atoms with E-state index in [4.69, 9.17) is 0 Å². The second-order valence-corrected chi connectivity index (χ2v) is 8.08. The number of likely N-dealkylation sites (tertiary alicyclic amines) is 1. The van der Waals surface area contributed by atoms with Gasteiger partial charge in [-0.25, -0.2) is 0 Å². The Hall–Kier alpha value is -2.05. The Morgan fingerprint density at radius 1 is 1.00 bits per heavy atom. The fourth-order valence-corrected chi connectivity index (χ4v) is 5.12. The summed E-state index contributed by atoms with van der Waals surface area (Å²) in [6.07, 6.45) is 0.276. The predicted octanol–water partition coefficient (Wildman–Crippen LogP) is 4.25. The molecule has 3 atom stereocenters. The van der Waals surface area contributed by atoms with Gasteiger partial charge < -0.3 is 9.80 Å². The fraction of sp³-hybridized carbons (Fsp3) is 0.619. The molecule has 1 saturated heterocycles. The first-order valence-electron chi connectivity index (χ1n) is 10.1. The minimum atomic E-state index is -4.32. The third kappa shape index (κ3) is 3.40. The summed E-state index contributed by atoms with van der Waals surface area (Å²) in [4.78, 5) is 29.1. The number of hydrogen-bond donors (Lipinski definition) is 0. The van der Waals surface area contributed by atoms with Crippen molar-refractivity contribution in [3.05, 3.63) is 29.8 Å². The van der Waals surface area contributed by atoms with Gasteiger partial charge in [0.25, 0.3) is 0 Å². The fourth-order valence-electron chi connectivity index (χ4n) is 5.12.